The number of carbonyl (C=O) groups is 2. The lowest BCUT2D eigenvalue weighted by atomic mass is 9.90. The number of rotatable bonds is 4. The third-order valence-corrected chi connectivity index (χ3v) is 5.84. The Morgan fingerprint density at radius 3 is 2.25 bits per heavy atom. The summed E-state index contributed by atoms with van der Waals surface area (Å²) in [6.07, 6.45) is -1.02. The number of non-ortho nitro benzene ring substituents is 1. The van der Waals surface area contributed by atoms with Gasteiger partial charge in [0.2, 0.25) is 5.91 Å². The van der Waals surface area contributed by atoms with Crippen molar-refractivity contribution in [3.05, 3.63) is 100 Å². The van der Waals surface area contributed by atoms with E-state index >= 15 is 0 Å². The van der Waals surface area contributed by atoms with E-state index in [1.54, 1.807) is 5.06 Å². The number of amides is 2. The lowest BCUT2D eigenvalue weighted by molar-refractivity contribution is -0.384. The first kappa shape index (κ1) is 19.9. The molecule has 3 aromatic carbocycles. The highest BCUT2D eigenvalue weighted by molar-refractivity contribution is 6.24. The minimum Gasteiger partial charge on any atom is -0.273 e. The fourth-order valence-corrected chi connectivity index (χ4v) is 4.32. The van der Waals surface area contributed by atoms with Crippen molar-refractivity contribution in [3.63, 3.8) is 0 Å². The van der Waals surface area contributed by atoms with Crippen LogP contribution in [0.2, 0.25) is 0 Å². The largest absolute Gasteiger partial charge is 0.273 e. The maximum Gasteiger partial charge on any atom is 0.271 e. The number of imide groups is 1. The Morgan fingerprint density at radius 1 is 0.875 bits per heavy atom. The molecule has 0 aromatic heterocycles. The summed E-state index contributed by atoms with van der Waals surface area (Å²) in [6.45, 7) is 1.97. The summed E-state index contributed by atoms with van der Waals surface area (Å²) in [5.74, 6) is -1.76. The van der Waals surface area contributed by atoms with Crippen LogP contribution in [0, 0.1) is 23.0 Å². The van der Waals surface area contributed by atoms with Crippen LogP contribution in [-0.2, 0) is 14.4 Å². The standard InChI is InChI=1S/C24H19N3O5/c1-15-10-12-16(13-11-15)21-20-22(32-26(21)17-6-3-2-4-7-17)24(29)25(23(20)28)18-8-5-9-19(14-18)27(30)31/h2-14,20-22H,1H3/t20-,21+,22-/m0/s1. The number of hydrogen-bond acceptors (Lipinski definition) is 6. The summed E-state index contributed by atoms with van der Waals surface area (Å²) in [7, 11) is 0. The highest BCUT2D eigenvalue weighted by Gasteiger charge is 2.60. The minimum absolute atomic E-state index is 0.168. The van der Waals surface area contributed by atoms with Gasteiger partial charge in [0.1, 0.15) is 5.92 Å². The summed E-state index contributed by atoms with van der Waals surface area (Å²) in [6, 6.07) is 22.1. The Morgan fingerprint density at radius 2 is 1.56 bits per heavy atom. The summed E-state index contributed by atoms with van der Waals surface area (Å²) < 4.78 is 0. The Labute approximate surface area is 183 Å². The molecule has 2 heterocycles. The van der Waals surface area contributed by atoms with Crippen LogP contribution in [0.4, 0.5) is 17.1 Å². The van der Waals surface area contributed by atoms with Gasteiger partial charge in [-0.1, -0.05) is 54.1 Å². The van der Waals surface area contributed by atoms with E-state index in [9.17, 15) is 19.7 Å². The number of nitro benzene ring substituents is 1. The predicted octanol–water partition coefficient (Wildman–Crippen LogP) is 3.95. The van der Waals surface area contributed by atoms with E-state index in [4.69, 9.17) is 4.84 Å². The third kappa shape index (κ3) is 3.12. The molecule has 0 saturated carbocycles. The Bertz CT molecular complexity index is 1210. The van der Waals surface area contributed by atoms with Gasteiger partial charge in [-0.15, -0.1) is 0 Å². The maximum atomic E-state index is 13.5. The van der Waals surface area contributed by atoms with E-state index in [2.05, 4.69) is 0 Å². The molecule has 2 fully saturated rings. The van der Waals surface area contributed by atoms with Crippen molar-refractivity contribution in [2.45, 2.75) is 19.1 Å². The lowest BCUT2D eigenvalue weighted by Crippen LogP contribution is -2.37. The number of fused-ring (bicyclic) bond motifs is 1. The van der Waals surface area contributed by atoms with E-state index in [0.717, 1.165) is 21.7 Å². The van der Waals surface area contributed by atoms with Gasteiger partial charge in [0.25, 0.3) is 11.6 Å². The van der Waals surface area contributed by atoms with Crippen molar-refractivity contribution in [2.75, 3.05) is 9.96 Å². The zero-order valence-corrected chi connectivity index (χ0v) is 17.1. The van der Waals surface area contributed by atoms with Gasteiger partial charge in [0.15, 0.2) is 6.10 Å². The van der Waals surface area contributed by atoms with Crippen molar-refractivity contribution in [3.8, 4) is 0 Å². The van der Waals surface area contributed by atoms with Crippen molar-refractivity contribution >= 4 is 28.9 Å². The van der Waals surface area contributed by atoms with E-state index in [-0.39, 0.29) is 11.4 Å². The summed E-state index contributed by atoms with van der Waals surface area (Å²) in [5.41, 5.74) is 2.62. The minimum atomic E-state index is -1.02. The summed E-state index contributed by atoms with van der Waals surface area (Å²) in [5, 5.41) is 12.8. The number of hydrogen-bond donors (Lipinski definition) is 0. The second-order valence-corrected chi connectivity index (χ2v) is 7.86. The summed E-state index contributed by atoms with van der Waals surface area (Å²) >= 11 is 0. The molecule has 8 nitrogen and oxygen atoms in total. The summed E-state index contributed by atoms with van der Waals surface area (Å²) in [4.78, 5) is 44.5. The molecule has 0 N–H and O–H groups in total. The first-order valence-corrected chi connectivity index (χ1v) is 10.2. The number of aryl methyl sites for hydroxylation is 1. The Balaban J connectivity index is 1.57. The molecule has 5 rings (SSSR count). The molecule has 2 aliphatic heterocycles. The molecular formula is C24H19N3O5. The van der Waals surface area contributed by atoms with Crippen molar-refractivity contribution in [2.24, 2.45) is 5.92 Å². The number of benzene rings is 3. The molecule has 2 amide bonds. The molecule has 0 aliphatic carbocycles. The van der Waals surface area contributed by atoms with Crippen molar-refractivity contribution < 1.29 is 19.3 Å². The Kier molecular flexibility index (Phi) is 4.71. The molecular weight excluding hydrogens is 410 g/mol. The number of anilines is 2. The van der Waals surface area contributed by atoms with Crippen LogP contribution in [0.5, 0.6) is 0 Å². The van der Waals surface area contributed by atoms with Gasteiger partial charge in [0, 0.05) is 12.1 Å². The van der Waals surface area contributed by atoms with Gasteiger partial charge < -0.3 is 0 Å². The van der Waals surface area contributed by atoms with Crippen LogP contribution < -0.4 is 9.96 Å². The molecule has 0 unspecified atom stereocenters. The van der Waals surface area contributed by atoms with Crippen LogP contribution in [0.3, 0.4) is 0 Å². The van der Waals surface area contributed by atoms with E-state index in [0.29, 0.717) is 0 Å². The van der Waals surface area contributed by atoms with Crippen LogP contribution >= 0.6 is 0 Å². The predicted molar refractivity (Wildman–Crippen MR) is 117 cm³/mol. The fraction of sp³-hybridized carbons (Fsp3) is 0.167. The smallest absolute Gasteiger partial charge is 0.271 e. The monoisotopic (exact) mass is 429 g/mol. The molecule has 32 heavy (non-hydrogen) atoms. The van der Waals surface area contributed by atoms with Gasteiger partial charge in [-0.05, 0) is 30.7 Å². The van der Waals surface area contributed by atoms with Gasteiger partial charge >= 0.3 is 0 Å². The van der Waals surface area contributed by atoms with E-state index in [1.165, 1.54) is 24.3 Å². The lowest BCUT2D eigenvalue weighted by Gasteiger charge is -2.28. The first-order chi connectivity index (χ1) is 15.5. The normalized spacial score (nSPS) is 22.3. The van der Waals surface area contributed by atoms with Crippen LogP contribution in [0.1, 0.15) is 17.2 Å². The number of carbonyl (C=O) groups excluding carboxylic acids is 2. The molecule has 0 bridgehead atoms. The van der Waals surface area contributed by atoms with E-state index in [1.807, 2.05) is 61.5 Å². The van der Waals surface area contributed by atoms with Crippen molar-refractivity contribution in [1.82, 2.24) is 0 Å². The molecule has 2 saturated heterocycles. The average Bonchev–Trinajstić information content (AvgIpc) is 3.31. The average molecular weight is 429 g/mol. The second kappa shape index (κ2) is 7.58. The second-order valence-electron chi connectivity index (χ2n) is 7.86. The third-order valence-electron chi connectivity index (χ3n) is 5.84. The number of nitrogens with zero attached hydrogens (tertiary/aromatic N) is 3. The van der Waals surface area contributed by atoms with Gasteiger partial charge in [0.05, 0.1) is 22.3 Å². The first-order valence-electron chi connectivity index (χ1n) is 10.2. The zero-order chi connectivity index (χ0) is 22.4. The SMILES string of the molecule is Cc1ccc([C@@H]2[C@@H]3C(=O)N(c4cccc([N+](=O)[O-])c4)C(=O)[C@H]3ON2c2ccccc2)cc1. The van der Waals surface area contributed by atoms with Gasteiger partial charge in [-0.25, -0.2) is 9.96 Å². The molecule has 0 spiro atoms. The fourth-order valence-electron chi connectivity index (χ4n) is 4.32. The molecule has 160 valence electrons. The number of hydroxylamine groups is 1. The molecule has 8 heteroatoms. The van der Waals surface area contributed by atoms with E-state index < -0.39 is 34.8 Å². The molecule has 0 radical (unpaired) electrons. The Hall–Kier alpha value is -4.04. The zero-order valence-electron chi connectivity index (χ0n) is 17.1. The van der Waals surface area contributed by atoms with Gasteiger partial charge in [-0.2, -0.15) is 0 Å². The highest BCUT2D eigenvalue weighted by atomic mass is 16.7. The highest BCUT2D eigenvalue weighted by Crippen LogP contribution is 2.47. The van der Waals surface area contributed by atoms with Gasteiger partial charge in [-0.3, -0.25) is 24.5 Å². The van der Waals surface area contributed by atoms with Crippen LogP contribution in [0.25, 0.3) is 0 Å². The van der Waals surface area contributed by atoms with Crippen LogP contribution in [0.15, 0.2) is 78.9 Å². The molecule has 3 atom stereocenters. The topological polar surface area (TPSA) is 93.0 Å². The maximum absolute atomic E-state index is 13.5. The number of nitro groups is 1. The van der Waals surface area contributed by atoms with Crippen molar-refractivity contribution in [1.29, 1.82) is 0 Å². The number of para-hydroxylation sites is 1. The quantitative estimate of drug-likeness (QED) is 0.354. The molecule has 2 aliphatic rings. The van der Waals surface area contributed by atoms with Crippen LogP contribution in [-0.4, -0.2) is 22.8 Å². The molecule has 3 aromatic rings.